The van der Waals surface area contributed by atoms with E-state index in [0.29, 0.717) is 5.92 Å². The first-order valence-corrected chi connectivity index (χ1v) is 13.5. The number of hydrogen-bond acceptors (Lipinski definition) is 5. The SMILES string of the molecule is CCCN(Cc1cc(-c2ccc3[nH]c(C)nc3c2)ccc1C)c1nc(CN(C)C)nc(C)c1CC(C)C. The summed E-state index contributed by atoms with van der Waals surface area (Å²) in [5.41, 5.74) is 9.49. The Kier molecular flexibility index (Phi) is 8.28. The van der Waals surface area contributed by atoms with E-state index in [4.69, 9.17) is 9.97 Å². The van der Waals surface area contributed by atoms with Crippen molar-refractivity contribution in [2.75, 3.05) is 25.5 Å². The van der Waals surface area contributed by atoms with Gasteiger partial charge in [-0.1, -0.05) is 39.0 Å². The van der Waals surface area contributed by atoms with Gasteiger partial charge in [0.05, 0.1) is 17.6 Å². The second-order valence-corrected chi connectivity index (χ2v) is 11.0. The summed E-state index contributed by atoms with van der Waals surface area (Å²) in [5, 5.41) is 0. The molecular formula is C31H42N6. The van der Waals surface area contributed by atoms with E-state index >= 15 is 0 Å². The third-order valence-corrected chi connectivity index (χ3v) is 6.75. The molecule has 0 aliphatic carbocycles. The normalized spacial score (nSPS) is 11.7. The topological polar surface area (TPSA) is 60.9 Å². The van der Waals surface area contributed by atoms with Gasteiger partial charge in [-0.15, -0.1) is 0 Å². The smallest absolute Gasteiger partial charge is 0.144 e. The number of fused-ring (bicyclic) bond motifs is 1. The molecular weight excluding hydrogens is 456 g/mol. The minimum atomic E-state index is 0.537. The zero-order valence-corrected chi connectivity index (χ0v) is 23.8. The quantitative estimate of drug-likeness (QED) is 0.266. The van der Waals surface area contributed by atoms with Crippen LogP contribution in [0.15, 0.2) is 36.4 Å². The van der Waals surface area contributed by atoms with Gasteiger partial charge in [-0.05, 0) is 94.1 Å². The lowest BCUT2D eigenvalue weighted by Gasteiger charge is -2.28. The van der Waals surface area contributed by atoms with Gasteiger partial charge in [-0.2, -0.15) is 0 Å². The van der Waals surface area contributed by atoms with Gasteiger partial charge in [-0.25, -0.2) is 15.0 Å². The van der Waals surface area contributed by atoms with Crippen LogP contribution in [0.5, 0.6) is 0 Å². The highest BCUT2D eigenvalue weighted by atomic mass is 15.2. The van der Waals surface area contributed by atoms with Gasteiger partial charge in [0.25, 0.3) is 0 Å². The number of aromatic nitrogens is 4. The molecule has 0 fully saturated rings. The highest BCUT2D eigenvalue weighted by Gasteiger charge is 2.20. The molecule has 4 aromatic rings. The zero-order valence-electron chi connectivity index (χ0n) is 23.8. The number of rotatable bonds is 10. The molecule has 0 aliphatic rings. The predicted octanol–water partition coefficient (Wildman–Crippen LogP) is 6.62. The van der Waals surface area contributed by atoms with Gasteiger partial charge < -0.3 is 14.8 Å². The van der Waals surface area contributed by atoms with Gasteiger partial charge in [0.2, 0.25) is 0 Å². The Morgan fingerprint density at radius 1 is 0.892 bits per heavy atom. The molecule has 0 spiro atoms. The molecule has 37 heavy (non-hydrogen) atoms. The lowest BCUT2D eigenvalue weighted by Crippen LogP contribution is -2.28. The average Bonchev–Trinajstić information content (AvgIpc) is 3.20. The third kappa shape index (κ3) is 6.37. The van der Waals surface area contributed by atoms with E-state index in [1.165, 1.54) is 27.8 Å². The van der Waals surface area contributed by atoms with E-state index < -0.39 is 0 Å². The molecule has 2 aromatic carbocycles. The second kappa shape index (κ2) is 11.4. The number of benzene rings is 2. The van der Waals surface area contributed by atoms with Crippen LogP contribution >= 0.6 is 0 Å². The molecule has 0 atom stereocenters. The summed E-state index contributed by atoms with van der Waals surface area (Å²) in [6.07, 6.45) is 2.03. The van der Waals surface area contributed by atoms with E-state index in [1.807, 2.05) is 6.92 Å². The van der Waals surface area contributed by atoms with Crippen molar-refractivity contribution in [3.05, 3.63) is 70.4 Å². The predicted molar refractivity (Wildman–Crippen MR) is 155 cm³/mol. The van der Waals surface area contributed by atoms with Crippen molar-refractivity contribution in [2.24, 2.45) is 5.92 Å². The van der Waals surface area contributed by atoms with Crippen LogP contribution in [0.25, 0.3) is 22.2 Å². The number of aryl methyl sites for hydroxylation is 3. The first-order chi connectivity index (χ1) is 17.6. The fraction of sp³-hybridized carbons (Fsp3) is 0.452. The fourth-order valence-corrected chi connectivity index (χ4v) is 4.97. The Hall–Kier alpha value is -3.25. The van der Waals surface area contributed by atoms with E-state index in [9.17, 15) is 0 Å². The largest absolute Gasteiger partial charge is 0.352 e. The van der Waals surface area contributed by atoms with Gasteiger partial charge in [0, 0.05) is 24.3 Å². The van der Waals surface area contributed by atoms with Crippen molar-refractivity contribution in [3.63, 3.8) is 0 Å². The second-order valence-electron chi connectivity index (χ2n) is 11.0. The first kappa shape index (κ1) is 26.8. The Morgan fingerprint density at radius 3 is 2.32 bits per heavy atom. The molecule has 1 N–H and O–H groups in total. The Morgan fingerprint density at radius 2 is 1.62 bits per heavy atom. The Balaban J connectivity index is 1.74. The van der Waals surface area contributed by atoms with Gasteiger partial charge >= 0.3 is 0 Å². The number of nitrogens with zero attached hydrogens (tertiary/aromatic N) is 5. The van der Waals surface area contributed by atoms with Crippen molar-refractivity contribution in [3.8, 4) is 11.1 Å². The van der Waals surface area contributed by atoms with Crippen LogP contribution < -0.4 is 4.90 Å². The highest BCUT2D eigenvalue weighted by molar-refractivity contribution is 5.82. The van der Waals surface area contributed by atoms with Crippen molar-refractivity contribution >= 4 is 16.9 Å². The zero-order chi connectivity index (χ0) is 26.7. The molecule has 0 bridgehead atoms. The van der Waals surface area contributed by atoms with Crippen molar-refractivity contribution in [1.29, 1.82) is 0 Å². The summed E-state index contributed by atoms with van der Waals surface area (Å²) < 4.78 is 0. The van der Waals surface area contributed by atoms with Crippen LogP contribution in [-0.4, -0.2) is 45.5 Å². The summed E-state index contributed by atoms with van der Waals surface area (Å²) in [6.45, 7) is 15.6. The van der Waals surface area contributed by atoms with Crippen LogP contribution in [0.3, 0.4) is 0 Å². The number of hydrogen-bond donors (Lipinski definition) is 1. The molecule has 6 heteroatoms. The maximum atomic E-state index is 5.15. The fourth-order valence-electron chi connectivity index (χ4n) is 4.97. The van der Waals surface area contributed by atoms with E-state index in [1.54, 1.807) is 0 Å². The molecule has 0 saturated heterocycles. The highest BCUT2D eigenvalue weighted by Crippen LogP contribution is 2.29. The molecule has 0 amide bonds. The van der Waals surface area contributed by atoms with Gasteiger partial charge in [0.15, 0.2) is 0 Å². The molecule has 196 valence electrons. The van der Waals surface area contributed by atoms with Crippen LogP contribution in [0.2, 0.25) is 0 Å². The molecule has 0 unspecified atom stereocenters. The van der Waals surface area contributed by atoms with Crippen molar-refractivity contribution in [2.45, 2.75) is 67.5 Å². The summed E-state index contributed by atoms with van der Waals surface area (Å²) in [5.74, 6) is 3.46. The molecule has 0 saturated carbocycles. The lowest BCUT2D eigenvalue weighted by molar-refractivity contribution is 0.389. The van der Waals surface area contributed by atoms with E-state index in [0.717, 1.165) is 66.7 Å². The van der Waals surface area contributed by atoms with Crippen molar-refractivity contribution < 1.29 is 0 Å². The van der Waals surface area contributed by atoms with Gasteiger partial charge in [0.1, 0.15) is 17.5 Å². The van der Waals surface area contributed by atoms with Crippen LogP contribution in [0.1, 0.15) is 61.2 Å². The summed E-state index contributed by atoms with van der Waals surface area (Å²) >= 11 is 0. The first-order valence-electron chi connectivity index (χ1n) is 13.5. The number of imidazole rings is 1. The van der Waals surface area contributed by atoms with Crippen molar-refractivity contribution in [1.82, 2.24) is 24.8 Å². The molecule has 2 aromatic heterocycles. The molecule has 2 heterocycles. The number of aromatic amines is 1. The minimum Gasteiger partial charge on any atom is -0.352 e. The number of nitrogens with one attached hydrogen (secondary N) is 1. The maximum absolute atomic E-state index is 5.15. The molecule has 4 rings (SSSR count). The van der Waals surface area contributed by atoms with Gasteiger partial charge in [-0.3, -0.25) is 0 Å². The van der Waals surface area contributed by atoms with E-state index in [2.05, 4.69) is 105 Å². The monoisotopic (exact) mass is 498 g/mol. The third-order valence-electron chi connectivity index (χ3n) is 6.75. The average molecular weight is 499 g/mol. The Labute approximate surface area is 222 Å². The standard InChI is InChI=1S/C31H42N6/c1-9-14-37(31-27(15-20(2)3)22(5)32-30(35-31)19-36(7)8)18-26-16-24(11-10-21(26)4)25-12-13-28-29(17-25)34-23(6)33-28/h10-13,16-17,20H,9,14-15,18-19H2,1-8H3,(H,33,34). The summed E-state index contributed by atoms with van der Waals surface area (Å²) in [6, 6.07) is 13.3. The maximum Gasteiger partial charge on any atom is 0.144 e. The Bertz CT molecular complexity index is 1370. The minimum absolute atomic E-state index is 0.537. The molecule has 0 aliphatic heterocycles. The summed E-state index contributed by atoms with van der Waals surface area (Å²) in [7, 11) is 4.14. The lowest BCUT2D eigenvalue weighted by atomic mass is 9.98. The molecule has 0 radical (unpaired) electrons. The van der Waals surface area contributed by atoms with Crippen LogP contribution in [-0.2, 0) is 19.5 Å². The van der Waals surface area contributed by atoms with Crippen LogP contribution in [0.4, 0.5) is 5.82 Å². The summed E-state index contributed by atoms with van der Waals surface area (Å²) in [4.78, 5) is 22.6. The van der Waals surface area contributed by atoms with E-state index in [-0.39, 0.29) is 0 Å². The van der Waals surface area contributed by atoms with Crippen LogP contribution in [0, 0.1) is 26.7 Å². The number of anilines is 1. The molecule has 6 nitrogen and oxygen atoms in total. The number of H-pyrrole nitrogens is 1.